The Bertz CT molecular complexity index is 1400. The Kier molecular flexibility index (Phi) is 7.66. The summed E-state index contributed by atoms with van der Waals surface area (Å²) < 4.78 is 55.5. The summed E-state index contributed by atoms with van der Waals surface area (Å²) in [6, 6.07) is 19.7. The van der Waals surface area contributed by atoms with Crippen LogP contribution < -0.4 is 9.47 Å². The van der Waals surface area contributed by atoms with E-state index in [4.69, 9.17) is 14.2 Å². The summed E-state index contributed by atoms with van der Waals surface area (Å²) in [7, 11) is 0. The fraction of sp³-hybridized carbons (Fsp3) is 0.241. The first kappa shape index (κ1) is 26.0. The number of aromatic nitrogens is 1. The normalized spacial score (nSPS) is 12.3. The van der Waals surface area contributed by atoms with Gasteiger partial charge < -0.3 is 14.2 Å². The number of carbonyl (C=O) groups is 1. The van der Waals surface area contributed by atoms with E-state index < -0.39 is 17.7 Å². The highest BCUT2D eigenvalue weighted by atomic mass is 19.4. The van der Waals surface area contributed by atoms with Crippen molar-refractivity contribution in [3.8, 4) is 22.8 Å². The molecule has 3 aromatic carbocycles. The SMILES string of the molecule is CCOC(=O)COc1ccc(OC(C)c2ccc(-c3ccc(C(F)(F)F)cc3)nc2C)c2ccccc12. The van der Waals surface area contributed by atoms with E-state index in [1.807, 2.05) is 44.2 Å². The molecule has 0 saturated heterocycles. The summed E-state index contributed by atoms with van der Waals surface area (Å²) in [5, 5.41) is 1.62. The second-order valence-corrected chi connectivity index (χ2v) is 8.41. The third-order valence-corrected chi connectivity index (χ3v) is 5.87. The molecule has 0 saturated carbocycles. The highest BCUT2D eigenvalue weighted by molar-refractivity contribution is 5.93. The zero-order valence-corrected chi connectivity index (χ0v) is 20.6. The van der Waals surface area contributed by atoms with Gasteiger partial charge >= 0.3 is 12.1 Å². The lowest BCUT2D eigenvalue weighted by Crippen LogP contribution is -2.14. The van der Waals surface area contributed by atoms with Crippen LogP contribution in [0.15, 0.2) is 72.8 Å². The molecule has 0 aliphatic heterocycles. The molecule has 192 valence electrons. The standard InChI is InChI=1S/C29H26F3NO4/c1-4-35-28(34)17-36-26-15-16-27(24-8-6-5-7-23(24)26)37-19(3)22-13-14-25(33-18(22)2)20-9-11-21(12-10-20)29(30,31)32/h5-16,19H,4,17H2,1-3H3. The van der Waals surface area contributed by atoms with Crippen LogP contribution in [0.4, 0.5) is 13.2 Å². The molecule has 0 spiro atoms. The molecule has 0 aliphatic rings. The molecule has 5 nitrogen and oxygen atoms in total. The van der Waals surface area contributed by atoms with Gasteiger partial charge in [0, 0.05) is 27.6 Å². The fourth-order valence-corrected chi connectivity index (χ4v) is 4.06. The van der Waals surface area contributed by atoms with Crippen molar-refractivity contribution >= 4 is 16.7 Å². The lowest BCUT2D eigenvalue weighted by Gasteiger charge is -2.19. The van der Waals surface area contributed by atoms with Crippen LogP contribution in [0, 0.1) is 6.92 Å². The van der Waals surface area contributed by atoms with Crippen LogP contribution in [0.1, 0.15) is 36.8 Å². The number of nitrogens with zero attached hydrogens (tertiary/aromatic N) is 1. The number of benzene rings is 3. The Labute approximate surface area is 212 Å². The predicted octanol–water partition coefficient (Wildman–Crippen LogP) is 7.31. The van der Waals surface area contributed by atoms with Crippen molar-refractivity contribution in [2.75, 3.05) is 13.2 Å². The van der Waals surface area contributed by atoms with Gasteiger partial charge in [0.2, 0.25) is 0 Å². The molecular formula is C29H26F3NO4. The molecule has 0 amide bonds. The van der Waals surface area contributed by atoms with Crippen LogP contribution in [0.25, 0.3) is 22.0 Å². The second kappa shape index (κ2) is 10.9. The number of aryl methyl sites for hydroxylation is 1. The molecule has 8 heteroatoms. The number of halogens is 3. The molecule has 1 heterocycles. The molecule has 0 aliphatic carbocycles. The molecule has 0 fully saturated rings. The quantitative estimate of drug-likeness (QED) is 0.233. The Morgan fingerprint density at radius 2 is 1.57 bits per heavy atom. The molecular weight excluding hydrogens is 483 g/mol. The monoisotopic (exact) mass is 509 g/mol. The molecule has 4 aromatic rings. The van der Waals surface area contributed by atoms with E-state index in [0.29, 0.717) is 28.5 Å². The number of hydrogen-bond acceptors (Lipinski definition) is 5. The number of ether oxygens (including phenoxy) is 3. The van der Waals surface area contributed by atoms with Gasteiger partial charge in [-0.1, -0.05) is 42.5 Å². The highest BCUT2D eigenvalue weighted by Crippen LogP contribution is 2.36. The van der Waals surface area contributed by atoms with Gasteiger partial charge in [-0.05, 0) is 51.1 Å². The van der Waals surface area contributed by atoms with Crippen LogP contribution in [0.5, 0.6) is 11.5 Å². The summed E-state index contributed by atoms with van der Waals surface area (Å²) in [6.45, 7) is 5.58. The van der Waals surface area contributed by atoms with Crippen LogP contribution in [0.2, 0.25) is 0 Å². The topological polar surface area (TPSA) is 57.7 Å². The summed E-state index contributed by atoms with van der Waals surface area (Å²) >= 11 is 0. The first-order valence-corrected chi connectivity index (χ1v) is 11.8. The van der Waals surface area contributed by atoms with Gasteiger partial charge in [-0.15, -0.1) is 0 Å². The van der Waals surface area contributed by atoms with Crippen LogP contribution in [-0.2, 0) is 15.7 Å². The van der Waals surface area contributed by atoms with Gasteiger partial charge in [-0.3, -0.25) is 4.98 Å². The minimum Gasteiger partial charge on any atom is -0.485 e. The van der Waals surface area contributed by atoms with E-state index in [2.05, 4.69) is 4.98 Å². The summed E-state index contributed by atoms with van der Waals surface area (Å²) in [5.41, 5.74) is 2.04. The zero-order chi connectivity index (χ0) is 26.6. The highest BCUT2D eigenvalue weighted by Gasteiger charge is 2.30. The van der Waals surface area contributed by atoms with Crippen molar-refractivity contribution in [2.45, 2.75) is 33.1 Å². The average molecular weight is 510 g/mol. The van der Waals surface area contributed by atoms with E-state index in [1.165, 1.54) is 12.1 Å². The van der Waals surface area contributed by atoms with Crippen LogP contribution in [0.3, 0.4) is 0 Å². The van der Waals surface area contributed by atoms with Crippen molar-refractivity contribution in [1.82, 2.24) is 4.98 Å². The molecule has 1 unspecified atom stereocenters. The number of esters is 1. The third kappa shape index (κ3) is 6.02. The van der Waals surface area contributed by atoms with E-state index >= 15 is 0 Å². The number of alkyl halides is 3. The number of pyridine rings is 1. The molecule has 0 radical (unpaired) electrons. The Morgan fingerprint density at radius 3 is 2.19 bits per heavy atom. The van der Waals surface area contributed by atoms with Gasteiger partial charge in [0.15, 0.2) is 6.61 Å². The number of carbonyl (C=O) groups excluding carboxylic acids is 1. The molecule has 4 rings (SSSR count). The molecule has 1 atom stereocenters. The van der Waals surface area contributed by atoms with Crippen LogP contribution in [-0.4, -0.2) is 24.2 Å². The summed E-state index contributed by atoms with van der Waals surface area (Å²) in [6.07, 6.45) is -4.74. The lowest BCUT2D eigenvalue weighted by molar-refractivity contribution is -0.145. The van der Waals surface area contributed by atoms with Gasteiger partial charge in [0.25, 0.3) is 0 Å². The summed E-state index contributed by atoms with van der Waals surface area (Å²) in [4.78, 5) is 16.3. The smallest absolute Gasteiger partial charge is 0.416 e. The van der Waals surface area contributed by atoms with Crippen molar-refractivity contribution in [1.29, 1.82) is 0 Å². The van der Waals surface area contributed by atoms with Crippen molar-refractivity contribution in [3.05, 3.63) is 89.6 Å². The van der Waals surface area contributed by atoms with E-state index in [0.717, 1.165) is 28.5 Å². The number of hydrogen-bond donors (Lipinski definition) is 0. The van der Waals surface area contributed by atoms with Crippen molar-refractivity contribution in [2.24, 2.45) is 0 Å². The largest absolute Gasteiger partial charge is 0.485 e. The van der Waals surface area contributed by atoms with E-state index in [-0.39, 0.29) is 19.3 Å². The lowest BCUT2D eigenvalue weighted by atomic mass is 10.0. The minimum atomic E-state index is -4.38. The van der Waals surface area contributed by atoms with Crippen molar-refractivity contribution < 1.29 is 32.2 Å². The predicted molar refractivity (Wildman–Crippen MR) is 135 cm³/mol. The van der Waals surface area contributed by atoms with Gasteiger partial charge in [-0.25, -0.2) is 4.79 Å². The Balaban J connectivity index is 1.54. The van der Waals surface area contributed by atoms with Gasteiger partial charge in [-0.2, -0.15) is 13.2 Å². The summed E-state index contributed by atoms with van der Waals surface area (Å²) in [5.74, 6) is 0.739. The zero-order valence-electron chi connectivity index (χ0n) is 20.6. The van der Waals surface area contributed by atoms with E-state index in [9.17, 15) is 18.0 Å². The van der Waals surface area contributed by atoms with E-state index in [1.54, 1.807) is 25.1 Å². The molecule has 1 aromatic heterocycles. The molecule has 0 N–H and O–H groups in total. The van der Waals surface area contributed by atoms with Gasteiger partial charge in [0.05, 0.1) is 17.9 Å². The Morgan fingerprint density at radius 1 is 0.919 bits per heavy atom. The maximum Gasteiger partial charge on any atom is 0.416 e. The number of rotatable bonds is 8. The third-order valence-electron chi connectivity index (χ3n) is 5.87. The second-order valence-electron chi connectivity index (χ2n) is 8.41. The molecule has 0 bridgehead atoms. The minimum absolute atomic E-state index is 0.190. The average Bonchev–Trinajstić information content (AvgIpc) is 2.88. The first-order valence-electron chi connectivity index (χ1n) is 11.8. The first-order chi connectivity index (χ1) is 17.7. The maximum atomic E-state index is 12.9. The number of fused-ring (bicyclic) bond motifs is 1. The Hall–Kier alpha value is -4.07. The molecule has 37 heavy (non-hydrogen) atoms. The maximum absolute atomic E-state index is 12.9. The van der Waals surface area contributed by atoms with Crippen molar-refractivity contribution in [3.63, 3.8) is 0 Å². The van der Waals surface area contributed by atoms with Gasteiger partial charge in [0.1, 0.15) is 17.6 Å². The fourth-order valence-electron chi connectivity index (χ4n) is 4.06. The van der Waals surface area contributed by atoms with Crippen LogP contribution >= 0.6 is 0 Å².